The van der Waals surface area contributed by atoms with Crippen molar-refractivity contribution in [3.05, 3.63) is 79.4 Å². The predicted octanol–water partition coefficient (Wildman–Crippen LogP) is 4.25. The van der Waals surface area contributed by atoms with E-state index in [1.54, 1.807) is 22.8 Å². The third-order valence-corrected chi connectivity index (χ3v) is 25.2. The van der Waals surface area contributed by atoms with Gasteiger partial charge in [-0.25, -0.2) is 0 Å². The Balaban J connectivity index is 2.70. The Kier molecular flexibility index (Phi) is 7.27. The summed E-state index contributed by atoms with van der Waals surface area (Å²) in [4.78, 5) is 0. The van der Waals surface area contributed by atoms with E-state index >= 15 is 0 Å². The molecule has 1 aromatic carbocycles. The summed E-state index contributed by atoms with van der Waals surface area (Å²) in [5.74, 6) is 0. The lowest BCUT2D eigenvalue weighted by atomic mass is 10.4. The fourth-order valence-electron chi connectivity index (χ4n) is 3.28. The SMILES string of the molecule is C=C[Si]1(C)O[Si](C)(C=C)O[Si](C)(C=C)O[Si](C)(c2ccccc2)O[Si](C)(C=C)O1. The molecule has 0 aliphatic carbocycles. The van der Waals surface area contributed by atoms with E-state index in [0.717, 1.165) is 5.19 Å². The molecule has 4 atom stereocenters. The molecule has 1 aliphatic heterocycles. The van der Waals surface area contributed by atoms with Crippen LogP contribution in [0.2, 0.25) is 32.7 Å². The van der Waals surface area contributed by atoms with Crippen LogP contribution < -0.4 is 5.19 Å². The van der Waals surface area contributed by atoms with Crippen LogP contribution in [0.3, 0.4) is 0 Å². The van der Waals surface area contributed by atoms with Gasteiger partial charge in [0.25, 0.3) is 0 Å². The fourth-order valence-corrected chi connectivity index (χ4v) is 26.2. The van der Waals surface area contributed by atoms with Crippen LogP contribution >= 0.6 is 0 Å². The molecule has 0 aromatic heterocycles. The first kappa shape index (κ1) is 24.3. The molecule has 0 saturated carbocycles. The van der Waals surface area contributed by atoms with Gasteiger partial charge in [-0.1, -0.05) is 53.1 Å². The van der Waals surface area contributed by atoms with Gasteiger partial charge in [0.15, 0.2) is 0 Å². The molecule has 0 spiro atoms. The molecule has 29 heavy (non-hydrogen) atoms. The maximum atomic E-state index is 6.75. The highest BCUT2D eigenvalue weighted by atomic mass is 28.5. The van der Waals surface area contributed by atoms with Crippen LogP contribution in [0, 0.1) is 0 Å². The van der Waals surface area contributed by atoms with Gasteiger partial charge in [-0.2, -0.15) is 0 Å². The molecule has 1 fully saturated rings. The molecule has 0 radical (unpaired) electrons. The lowest BCUT2D eigenvalue weighted by molar-refractivity contribution is 0.252. The van der Waals surface area contributed by atoms with Crippen LogP contribution in [0.15, 0.2) is 79.4 Å². The highest BCUT2D eigenvalue weighted by Gasteiger charge is 2.55. The van der Waals surface area contributed by atoms with E-state index in [9.17, 15) is 0 Å². The zero-order chi connectivity index (χ0) is 22.0. The number of hydrogen-bond acceptors (Lipinski definition) is 5. The van der Waals surface area contributed by atoms with Crippen molar-refractivity contribution in [3.63, 3.8) is 0 Å². The van der Waals surface area contributed by atoms with Gasteiger partial charge in [-0.05, 0) is 37.9 Å². The molecule has 2 rings (SSSR count). The molecule has 0 N–H and O–H groups in total. The Bertz CT molecular complexity index is 750. The average Bonchev–Trinajstić information content (AvgIpc) is 2.67. The van der Waals surface area contributed by atoms with Crippen molar-refractivity contribution in [1.82, 2.24) is 0 Å². The van der Waals surface area contributed by atoms with Crippen LogP contribution in [0.4, 0.5) is 0 Å². The second-order valence-electron chi connectivity index (χ2n) is 7.70. The van der Waals surface area contributed by atoms with E-state index in [-0.39, 0.29) is 0 Å². The molecule has 0 bridgehead atoms. The van der Waals surface area contributed by atoms with Crippen molar-refractivity contribution < 1.29 is 20.6 Å². The molecule has 1 aliphatic rings. The summed E-state index contributed by atoms with van der Waals surface area (Å²) in [6, 6.07) is 9.99. The largest absolute Gasteiger partial charge is 0.410 e. The minimum Gasteiger partial charge on any atom is -0.410 e. The first-order valence-corrected chi connectivity index (χ1v) is 21.4. The van der Waals surface area contributed by atoms with Gasteiger partial charge in [0, 0.05) is 0 Å². The Morgan fingerprint density at radius 1 is 0.552 bits per heavy atom. The number of hydrogen-bond donors (Lipinski definition) is 0. The fraction of sp³-hybridized carbons (Fsp3) is 0.263. The third kappa shape index (κ3) is 5.61. The van der Waals surface area contributed by atoms with Gasteiger partial charge in [0.05, 0.1) is 0 Å². The first-order valence-electron chi connectivity index (χ1n) is 9.49. The molecule has 0 amide bonds. The lowest BCUT2D eigenvalue weighted by Crippen LogP contribution is -2.69. The second-order valence-corrected chi connectivity index (χ2v) is 24.0. The Morgan fingerprint density at radius 3 is 1.17 bits per heavy atom. The topological polar surface area (TPSA) is 46.2 Å². The van der Waals surface area contributed by atoms with E-state index in [2.05, 4.69) is 26.3 Å². The van der Waals surface area contributed by atoms with E-state index in [1.165, 1.54) is 0 Å². The number of benzene rings is 1. The van der Waals surface area contributed by atoms with E-state index in [0.29, 0.717) is 0 Å². The molecule has 1 aromatic rings. The molecule has 158 valence electrons. The summed E-state index contributed by atoms with van der Waals surface area (Å²) >= 11 is 0. The Morgan fingerprint density at radius 2 is 0.862 bits per heavy atom. The maximum Gasteiger partial charge on any atom is 0.352 e. The van der Waals surface area contributed by atoms with Gasteiger partial charge in [0.1, 0.15) is 0 Å². The number of rotatable bonds is 5. The summed E-state index contributed by atoms with van der Waals surface area (Å²) in [7, 11) is -14.4. The highest BCUT2D eigenvalue weighted by Crippen LogP contribution is 2.32. The monoisotopic (exact) mass is 480 g/mol. The quantitative estimate of drug-likeness (QED) is 0.590. The summed E-state index contributed by atoms with van der Waals surface area (Å²) in [6.07, 6.45) is 0. The third-order valence-electron chi connectivity index (χ3n) is 4.79. The zero-order valence-electron chi connectivity index (χ0n) is 18.1. The minimum absolute atomic E-state index is 0.999. The normalized spacial score (nSPS) is 41.1. The second kappa shape index (κ2) is 8.66. The van der Waals surface area contributed by atoms with E-state index < -0.39 is 42.8 Å². The Labute approximate surface area is 180 Å². The van der Waals surface area contributed by atoms with Crippen LogP contribution in [0.5, 0.6) is 0 Å². The summed E-state index contributed by atoms with van der Waals surface area (Å²) < 4.78 is 33.1. The first-order chi connectivity index (χ1) is 13.4. The molecule has 4 unspecified atom stereocenters. The van der Waals surface area contributed by atoms with Crippen molar-refractivity contribution in [2.24, 2.45) is 0 Å². The van der Waals surface area contributed by atoms with Crippen molar-refractivity contribution in [2.75, 3.05) is 0 Å². The molecule has 1 heterocycles. The van der Waals surface area contributed by atoms with Gasteiger partial charge >= 0.3 is 42.8 Å². The molecule has 1 saturated heterocycles. The minimum atomic E-state index is -2.96. The maximum absolute atomic E-state index is 6.75. The average molecular weight is 481 g/mol. The van der Waals surface area contributed by atoms with Crippen LogP contribution in [0.25, 0.3) is 0 Å². The highest BCUT2D eigenvalue weighted by molar-refractivity contribution is 7.00. The van der Waals surface area contributed by atoms with Gasteiger partial charge < -0.3 is 20.6 Å². The molecule has 5 nitrogen and oxygen atoms in total. The van der Waals surface area contributed by atoms with Crippen molar-refractivity contribution in [3.8, 4) is 0 Å². The van der Waals surface area contributed by atoms with Crippen LogP contribution in [-0.2, 0) is 20.6 Å². The van der Waals surface area contributed by atoms with Gasteiger partial charge in [-0.15, -0.1) is 26.3 Å². The zero-order valence-corrected chi connectivity index (χ0v) is 23.1. The van der Waals surface area contributed by atoms with E-state index in [1.807, 2.05) is 63.1 Å². The smallest absolute Gasteiger partial charge is 0.352 e. The van der Waals surface area contributed by atoms with Gasteiger partial charge in [-0.3, -0.25) is 0 Å². The molecular formula is C19H32O5Si5. The lowest BCUT2D eigenvalue weighted by Gasteiger charge is -2.47. The van der Waals surface area contributed by atoms with Crippen molar-refractivity contribution in [1.29, 1.82) is 0 Å². The van der Waals surface area contributed by atoms with Gasteiger partial charge in [0.2, 0.25) is 0 Å². The van der Waals surface area contributed by atoms with Crippen molar-refractivity contribution >= 4 is 48.0 Å². The van der Waals surface area contributed by atoms with Crippen LogP contribution in [-0.4, -0.2) is 42.8 Å². The van der Waals surface area contributed by atoms with E-state index in [4.69, 9.17) is 20.6 Å². The van der Waals surface area contributed by atoms with Crippen LogP contribution in [0.1, 0.15) is 0 Å². The summed E-state index contributed by atoms with van der Waals surface area (Å²) in [5.41, 5.74) is 7.09. The predicted molar refractivity (Wildman–Crippen MR) is 130 cm³/mol. The standard InChI is InChI=1S/C19H32O5Si5/c1-10-25(5)20-26(6,11-2)22-28(8,13-4)24-29(9,19-17-15-14-16-18-19)23-27(7,12-3)21-25/h10-18H,1-4H2,5-9H3. The summed E-state index contributed by atoms with van der Waals surface area (Å²) in [6.45, 7) is 25.9. The summed E-state index contributed by atoms with van der Waals surface area (Å²) in [5, 5.41) is 0.999. The molecule has 10 heteroatoms. The Hall–Kier alpha value is -0.936. The van der Waals surface area contributed by atoms with Crippen molar-refractivity contribution in [2.45, 2.75) is 32.7 Å². The molecular weight excluding hydrogens is 449 g/mol.